The molecule has 0 spiro atoms. The topological polar surface area (TPSA) is 18.5 Å². The molecule has 0 amide bonds. The lowest BCUT2D eigenvalue weighted by Gasteiger charge is -2.39. The average molecular weight is 225 g/mol. The molecule has 3 heteroatoms. The van der Waals surface area contributed by atoms with Crippen LogP contribution in [0.5, 0.6) is 0 Å². The molecule has 1 heterocycles. The quantitative estimate of drug-likeness (QED) is 0.732. The Morgan fingerprint density at radius 3 is 2.38 bits per heavy atom. The van der Waals surface area contributed by atoms with Gasteiger partial charge < -0.3 is 5.32 Å². The van der Waals surface area contributed by atoms with Crippen LogP contribution in [0.25, 0.3) is 0 Å². The van der Waals surface area contributed by atoms with E-state index < -0.39 is 0 Å². The molecule has 0 radical (unpaired) electrons. The molecule has 1 atom stereocenters. The van der Waals surface area contributed by atoms with Gasteiger partial charge in [-0.25, -0.2) is 0 Å². The van der Waals surface area contributed by atoms with E-state index in [9.17, 15) is 0 Å². The van der Waals surface area contributed by atoms with E-state index in [0.29, 0.717) is 0 Å². The first-order valence-electron chi connectivity index (χ1n) is 6.97. The van der Waals surface area contributed by atoms with Crippen LogP contribution in [-0.4, -0.2) is 61.7 Å². The number of nitrogens with zero attached hydrogens (tertiary/aromatic N) is 2. The number of piperazine rings is 1. The summed E-state index contributed by atoms with van der Waals surface area (Å²) < 4.78 is 0. The molecular formula is C13H27N3. The van der Waals surface area contributed by atoms with Crippen LogP contribution in [0, 0.1) is 0 Å². The highest BCUT2D eigenvalue weighted by molar-refractivity contribution is 4.89. The SMILES string of the molecule is CCCC(CNC)N1CCN(C2CC2)CC1. The maximum atomic E-state index is 3.34. The van der Waals surface area contributed by atoms with Crippen molar-refractivity contribution in [2.45, 2.75) is 44.7 Å². The third-order valence-corrected chi connectivity index (χ3v) is 3.99. The summed E-state index contributed by atoms with van der Waals surface area (Å²) in [5.74, 6) is 0. The van der Waals surface area contributed by atoms with Gasteiger partial charge in [0.15, 0.2) is 0 Å². The maximum absolute atomic E-state index is 3.34. The molecule has 0 aromatic rings. The minimum atomic E-state index is 0.761. The molecule has 2 aliphatic rings. The number of nitrogens with one attached hydrogen (secondary N) is 1. The molecule has 0 aromatic heterocycles. The van der Waals surface area contributed by atoms with E-state index in [4.69, 9.17) is 0 Å². The van der Waals surface area contributed by atoms with Gasteiger partial charge in [-0.05, 0) is 26.3 Å². The van der Waals surface area contributed by atoms with E-state index in [-0.39, 0.29) is 0 Å². The molecule has 0 aromatic carbocycles. The Kier molecular flexibility index (Phi) is 4.62. The van der Waals surface area contributed by atoms with Gasteiger partial charge in [-0.2, -0.15) is 0 Å². The standard InChI is InChI=1S/C13H27N3/c1-3-4-13(11-14-2)16-9-7-15(8-10-16)12-5-6-12/h12-14H,3-11H2,1-2H3. The molecule has 1 unspecified atom stereocenters. The zero-order valence-corrected chi connectivity index (χ0v) is 10.9. The van der Waals surface area contributed by atoms with Crippen LogP contribution < -0.4 is 5.32 Å². The minimum Gasteiger partial charge on any atom is -0.318 e. The number of hydrogen-bond donors (Lipinski definition) is 1. The predicted octanol–water partition coefficient (Wildman–Crippen LogP) is 1.15. The van der Waals surface area contributed by atoms with Crippen LogP contribution in [0.4, 0.5) is 0 Å². The molecule has 2 rings (SSSR count). The van der Waals surface area contributed by atoms with E-state index in [1.54, 1.807) is 0 Å². The van der Waals surface area contributed by atoms with Crippen molar-refractivity contribution in [1.82, 2.24) is 15.1 Å². The molecular weight excluding hydrogens is 198 g/mol. The van der Waals surface area contributed by atoms with Crippen molar-refractivity contribution >= 4 is 0 Å². The van der Waals surface area contributed by atoms with E-state index in [1.807, 2.05) is 0 Å². The normalized spacial score (nSPS) is 25.9. The summed E-state index contributed by atoms with van der Waals surface area (Å²) in [7, 11) is 2.07. The summed E-state index contributed by atoms with van der Waals surface area (Å²) in [6, 6.07) is 1.72. The Morgan fingerprint density at radius 2 is 1.88 bits per heavy atom. The molecule has 0 bridgehead atoms. The van der Waals surface area contributed by atoms with Gasteiger partial charge in [-0.1, -0.05) is 13.3 Å². The summed E-state index contributed by atoms with van der Waals surface area (Å²) in [5.41, 5.74) is 0. The molecule has 2 fully saturated rings. The van der Waals surface area contributed by atoms with Crippen molar-refractivity contribution in [3.63, 3.8) is 0 Å². The smallest absolute Gasteiger partial charge is 0.0221 e. The highest BCUT2D eigenvalue weighted by Crippen LogP contribution is 2.27. The summed E-state index contributed by atoms with van der Waals surface area (Å²) in [6.07, 6.45) is 5.54. The van der Waals surface area contributed by atoms with E-state index >= 15 is 0 Å². The highest BCUT2D eigenvalue weighted by Gasteiger charge is 2.32. The molecule has 16 heavy (non-hydrogen) atoms. The number of hydrogen-bond acceptors (Lipinski definition) is 3. The lowest BCUT2D eigenvalue weighted by Crippen LogP contribution is -2.53. The first-order valence-corrected chi connectivity index (χ1v) is 6.97. The minimum absolute atomic E-state index is 0.761. The predicted molar refractivity (Wildman–Crippen MR) is 68.8 cm³/mol. The van der Waals surface area contributed by atoms with Crippen molar-refractivity contribution in [2.24, 2.45) is 0 Å². The van der Waals surface area contributed by atoms with E-state index in [1.165, 1.54) is 51.9 Å². The first-order chi connectivity index (χ1) is 7.85. The van der Waals surface area contributed by atoms with Crippen molar-refractivity contribution in [1.29, 1.82) is 0 Å². The van der Waals surface area contributed by atoms with Gasteiger partial charge in [-0.3, -0.25) is 9.80 Å². The summed E-state index contributed by atoms with van der Waals surface area (Å²) in [4.78, 5) is 5.39. The Labute approximate surface area is 100 Å². The molecule has 94 valence electrons. The Hall–Kier alpha value is -0.120. The average Bonchev–Trinajstić information content (AvgIpc) is 3.13. The van der Waals surface area contributed by atoms with Crippen molar-refractivity contribution in [2.75, 3.05) is 39.8 Å². The van der Waals surface area contributed by atoms with E-state index in [2.05, 4.69) is 29.1 Å². The van der Waals surface area contributed by atoms with Crippen LogP contribution in [0.15, 0.2) is 0 Å². The maximum Gasteiger partial charge on any atom is 0.0221 e. The summed E-state index contributed by atoms with van der Waals surface area (Å²) in [5, 5.41) is 3.34. The summed E-state index contributed by atoms with van der Waals surface area (Å²) in [6.45, 7) is 8.61. The molecule has 1 saturated carbocycles. The monoisotopic (exact) mass is 225 g/mol. The molecule has 3 nitrogen and oxygen atoms in total. The van der Waals surface area contributed by atoms with Crippen LogP contribution in [0.2, 0.25) is 0 Å². The van der Waals surface area contributed by atoms with E-state index in [0.717, 1.165) is 18.6 Å². The molecule has 1 saturated heterocycles. The van der Waals surface area contributed by atoms with Crippen LogP contribution in [0.3, 0.4) is 0 Å². The van der Waals surface area contributed by atoms with Gasteiger partial charge in [0, 0.05) is 44.8 Å². The van der Waals surface area contributed by atoms with Crippen LogP contribution in [-0.2, 0) is 0 Å². The van der Waals surface area contributed by atoms with Crippen molar-refractivity contribution in [3.05, 3.63) is 0 Å². The molecule has 1 aliphatic carbocycles. The van der Waals surface area contributed by atoms with Crippen LogP contribution >= 0.6 is 0 Å². The Balaban J connectivity index is 1.75. The Morgan fingerprint density at radius 1 is 1.19 bits per heavy atom. The van der Waals surface area contributed by atoms with Gasteiger partial charge >= 0.3 is 0 Å². The van der Waals surface area contributed by atoms with Gasteiger partial charge in [0.05, 0.1) is 0 Å². The fourth-order valence-corrected chi connectivity index (χ4v) is 2.89. The second kappa shape index (κ2) is 5.99. The largest absolute Gasteiger partial charge is 0.318 e. The third kappa shape index (κ3) is 3.19. The lowest BCUT2D eigenvalue weighted by atomic mass is 10.1. The lowest BCUT2D eigenvalue weighted by molar-refractivity contribution is 0.0875. The summed E-state index contributed by atoms with van der Waals surface area (Å²) >= 11 is 0. The molecule has 1 aliphatic heterocycles. The zero-order chi connectivity index (χ0) is 11.4. The van der Waals surface area contributed by atoms with Crippen molar-refractivity contribution in [3.8, 4) is 0 Å². The fourth-order valence-electron chi connectivity index (χ4n) is 2.89. The van der Waals surface area contributed by atoms with Crippen molar-refractivity contribution < 1.29 is 0 Å². The fraction of sp³-hybridized carbons (Fsp3) is 1.00. The van der Waals surface area contributed by atoms with Gasteiger partial charge in [0.2, 0.25) is 0 Å². The zero-order valence-electron chi connectivity index (χ0n) is 10.9. The van der Waals surface area contributed by atoms with Gasteiger partial charge in [0.25, 0.3) is 0 Å². The number of rotatable bonds is 6. The Bertz CT molecular complexity index is 189. The third-order valence-electron chi connectivity index (χ3n) is 3.99. The second-order valence-corrected chi connectivity index (χ2v) is 5.30. The van der Waals surface area contributed by atoms with Gasteiger partial charge in [-0.15, -0.1) is 0 Å². The highest BCUT2D eigenvalue weighted by atomic mass is 15.3. The number of likely N-dealkylation sites (N-methyl/N-ethyl adjacent to an activating group) is 1. The molecule has 1 N–H and O–H groups in total. The van der Waals surface area contributed by atoms with Crippen LogP contribution in [0.1, 0.15) is 32.6 Å². The van der Waals surface area contributed by atoms with Gasteiger partial charge in [0.1, 0.15) is 0 Å². The first kappa shape index (κ1) is 12.3. The second-order valence-electron chi connectivity index (χ2n) is 5.30.